The van der Waals surface area contributed by atoms with Crippen LogP contribution in [0.5, 0.6) is 0 Å². The van der Waals surface area contributed by atoms with Gasteiger partial charge in [-0.1, -0.05) is 0 Å². The maximum absolute atomic E-state index is 13.2. The van der Waals surface area contributed by atoms with Gasteiger partial charge in [0.15, 0.2) is 17.5 Å². The lowest BCUT2D eigenvalue weighted by molar-refractivity contribution is 0.504. The van der Waals surface area contributed by atoms with Crippen molar-refractivity contribution in [1.29, 1.82) is 0 Å². The van der Waals surface area contributed by atoms with Gasteiger partial charge >= 0.3 is 0 Å². The highest BCUT2D eigenvalue weighted by atomic mass is 32.2. The first-order valence-electron chi connectivity index (χ1n) is 8.32. The predicted octanol–water partition coefficient (Wildman–Crippen LogP) is 1.95. The average Bonchev–Trinajstić information content (AvgIpc) is 2.99. The topological polar surface area (TPSA) is 102 Å². The van der Waals surface area contributed by atoms with Crippen LogP contribution in [0.1, 0.15) is 11.4 Å². The van der Waals surface area contributed by atoms with Gasteiger partial charge in [0, 0.05) is 18.8 Å². The quantitative estimate of drug-likeness (QED) is 0.580. The summed E-state index contributed by atoms with van der Waals surface area (Å²) in [5.74, 6) is -1.31. The third-order valence-electron chi connectivity index (χ3n) is 3.80. The van der Waals surface area contributed by atoms with E-state index in [2.05, 4.69) is 25.3 Å². The highest BCUT2D eigenvalue weighted by molar-refractivity contribution is 7.89. The fraction of sp³-hybridized carbons (Fsp3) is 0.235. The van der Waals surface area contributed by atoms with Gasteiger partial charge in [0.1, 0.15) is 5.82 Å². The van der Waals surface area contributed by atoms with Crippen molar-refractivity contribution in [3.8, 4) is 5.82 Å². The maximum atomic E-state index is 13.2. The average molecular weight is 408 g/mol. The number of rotatable bonds is 7. The fourth-order valence-electron chi connectivity index (χ4n) is 2.50. The molecule has 1 aromatic carbocycles. The monoisotopic (exact) mass is 408 g/mol. The molecular formula is C17H18F2N6O2S. The lowest BCUT2D eigenvalue weighted by Gasteiger charge is -2.09. The second kappa shape index (κ2) is 7.98. The zero-order chi connectivity index (χ0) is 20.3. The summed E-state index contributed by atoms with van der Waals surface area (Å²) in [6, 6.07) is 7.75. The summed E-state index contributed by atoms with van der Waals surface area (Å²) in [5, 5.41) is 15.4. The number of nitrogens with zero attached hydrogens (tertiary/aromatic N) is 4. The molecule has 0 spiro atoms. The summed E-state index contributed by atoms with van der Waals surface area (Å²) in [7, 11) is -3.94. The molecule has 8 nitrogen and oxygen atoms in total. The van der Waals surface area contributed by atoms with Crippen molar-refractivity contribution in [3.63, 3.8) is 0 Å². The van der Waals surface area contributed by atoms with Gasteiger partial charge in [0.25, 0.3) is 0 Å². The normalized spacial score (nSPS) is 11.6. The first kappa shape index (κ1) is 19.8. The molecule has 0 aliphatic heterocycles. The maximum Gasteiger partial charge on any atom is 0.240 e. The molecule has 0 saturated carbocycles. The van der Waals surface area contributed by atoms with Crippen molar-refractivity contribution in [2.45, 2.75) is 18.7 Å². The molecule has 0 aliphatic carbocycles. The Morgan fingerprint density at radius 3 is 2.39 bits per heavy atom. The lowest BCUT2D eigenvalue weighted by Crippen LogP contribution is -2.29. The van der Waals surface area contributed by atoms with Crippen LogP contribution in [0, 0.1) is 25.5 Å². The van der Waals surface area contributed by atoms with Crippen LogP contribution in [0.4, 0.5) is 14.6 Å². The molecule has 11 heteroatoms. The van der Waals surface area contributed by atoms with Gasteiger partial charge in [-0.2, -0.15) is 5.10 Å². The standard InChI is InChI=1S/C17H18F2N6O2S/c1-11-9-12(2)25(24-11)17-6-5-16(22-23-17)20-7-8-21-28(26,27)13-3-4-14(18)15(19)10-13/h3-6,9-10,21H,7-8H2,1-2H3,(H,20,22). The van der Waals surface area contributed by atoms with E-state index in [1.54, 1.807) is 16.8 Å². The van der Waals surface area contributed by atoms with Crippen molar-refractivity contribution in [2.24, 2.45) is 0 Å². The van der Waals surface area contributed by atoms with E-state index in [1.807, 2.05) is 19.9 Å². The predicted molar refractivity (Wildman–Crippen MR) is 98.7 cm³/mol. The Bertz CT molecular complexity index is 1080. The molecule has 0 unspecified atom stereocenters. The molecule has 0 radical (unpaired) electrons. The van der Waals surface area contributed by atoms with Gasteiger partial charge in [-0.15, -0.1) is 10.2 Å². The first-order chi connectivity index (χ1) is 13.3. The number of halogens is 2. The molecule has 0 fully saturated rings. The Kier molecular flexibility index (Phi) is 5.66. The molecule has 0 saturated heterocycles. The van der Waals surface area contributed by atoms with E-state index in [0.29, 0.717) is 17.7 Å². The second-order valence-electron chi connectivity index (χ2n) is 6.02. The number of hydrogen-bond acceptors (Lipinski definition) is 6. The molecular weight excluding hydrogens is 390 g/mol. The highest BCUT2D eigenvalue weighted by Gasteiger charge is 2.15. The summed E-state index contributed by atoms with van der Waals surface area (Å²) in [6.07, 6.45) is 0. The van der Waals surface area contributed by atoms with Crippen LogP contribution < -0.4 is 10.0 Å². The minimum atomic E-state index is -3.94. The zero-order valence-corrected chi connectivity index (χ0v) is 16.0. The molecule has 148 valence electrons. The lowest BCUT2D eigenvalue weighted by atomic mass is 10.3. The Morgan fingerprint density at radius 2 is 1.79 bits per heavy atom. The molecule has 0 bridgehead atoms. The summed E-state index contributed by atoms with van der Waals surface area (Å²) in [6.45, 7) is 4.03. The van der Waals surface area contributed by atoms with Crippen LogP contribution in [0.2, 0.25) is 0 Å². The zero-order valence-electron chi connectivity index (χ0n) is 15.1. The van der Waals surface area contributed by atoms with E-state index in [1.165, 1.54) is 0 Å². The van der Waals surface area contributed by atoms with Gasteiger partial charge in [0.2, 0.25) is 10.0 Å². The Morgan fingerprint density at radius 1 is 1.00 bits per heavy atom. The van der Waals surface area contributed by atoms with Crippen LogP contribution in [0.25, 0.3) is 5.82 Å². The summed E-state index contributed by atoms with van der Waals surface area (Å²) >= 11 is 0. The van der Waals surface area contributed by atoms with Gasteiger partial charge in [-0.05, 0) is 50.2 Å². The molecule has 3 rings (SSSR count). The van der Waals surface area contributed by atoms with Crippen molar-refractivity contribution in [3.05, 3.63) is 59.4 Å². The van der Waals surface area contributed by atoms with E-state index < -0.39 is 21.7 Å². The van der Waals surface area contributed by atoms with Crippen molar-refractivity contribution >= 4 is 15.8 Å². The third-order valence-corrected chi connectivity index (χ3v) is 5.26. The molecule has 0 aliphatic rings. The van der Waals surface area contributed by atoms with E-state index in [9.17, 15) is 17.2 Å². The van der Waals surface area contributed by atoms with E-state index >= 15 is 0 Å². The second-order valence-corrected chi connectivity index (χ2v) is 7.78. The van der Waals surface area contributed by atoms with Crippen LogP contribution in [-0.4, -0.2) is 41.5 Å². The molecule has 28 heavy (non-hydrogen) atoms. The number of aryl methyl sites for hydroxylation is 2. The third kappa shape index (κ3) is 4.49. The highest BCUT2D eigenvalue weighted by Crippen LogP contribution is 2.13. The van der Waals surface area contributed by atoms with Gasteiger partial charge in [-0.3, -0.25) is 0 Å². The van der Waals surface area contributed by atoms with E-state index in [-0.39, 0.29) is 18.0 Å². The first-order valence-corrected chi connectivity index (χ1v) is 9.80. The van der Waals surface area contributed by atoms with E-state index in [4.69, 9.17) is 0 Å². The van der Waals surface area contributed by atoms with Crippen LogP contribution in [-0.2, 0) is 10.0 Å². The van der Waals surface area contributed by atoms with Crippen LogP contribution in [0.15, 0.2) is 41.3 Å². The Labute approximate surface area is 160 Å². The molecule has 0 atom stereocenters. The van der Waals surface area contributed by atoms with E-state index in [0.717, 1.165) is 23.5 Å². The SMILES string of the molecule is Cc1cc(C)n(-c2ccc(NCCNS(=O)(=O)c3ccc(F)c(F)c3)nn2)n1. The minimum Gasteiger partial charge on any atom is -0.367 e. The summed E-state index contributed by atoms with van der Waals surface area (Å²) in [5.41, 5.74) is 1.80. The largest absolute Gasteiger partial charge is 0.367 e. The molecule has 3 aromatic rings. The Hall–Kier alpha value is -2.92. The fourth-order valence-corrected chi connectivity index (χ4v) is 3.54. The van der Waals surface area contributed by atoms with Crippen molar-refractivity contribution < 1.29 is 17.2 Å². The van der Waals surface area contributed by atoms with Crippen molar-refractivity contribution in [1.82, 2.24) is 24.7 Å². The van der Waals surface area contributed by atoms with Gasteiger partial charge in [0.05, 0.1) is 10.6 Å². The van der Waals surface area contributed by atoms with Gasteiger partial charge < -0.3 is 5.32 Å². The number of hydrogen-bond donors (Lipinski definition) is 2. The van der Waals surface area contributed by atoms with Gasteiger partial charge in [-0.25, -0.2) is 26.6 Å². The Balaban J connectivity index is 1.55. The van der Waals surface area contributed by atoms with Crippen LogP contribution in [0.3, 0.4) is 0 Å². The van der Waals surface area contributed by atoms with Crippen molar-refractivity contribution in [2.75, 3.05) is 18.4 Å². The molecule has 2 N–H and O–H groups in total. The number of anilines is 1. The number of benzene rings is 1. The van der Waals surface area contributed by atoms with Crippen LogP contribution >= 0.6 is 0 Å². The number of sulfonamides is 1. The molecule has 2 heterocycles. The number of aromatic nitrogens is 4. The smallest absolute Gasteiger partial charge is 0.240 e. The number of nitrogens with one attached hydrogen (secondary N) is 2. The summed E-state index contributed by atoms with van der Waals surface area (Å²) in [4.78, 5) is -0.347. The minimum absolute atomic E-state index is 0.0161. The summed E-state index contributed by atoms with van der Waals surface area (Å²) < 4.78 is 54.2. The molecule has 2 aromatic heterocycles. The molecule has 0 amide bonds.